The first-order valence-corrected chi connectivity index (χ1v) is 30.2. The molecular weight excluding hydrogens is 1100 g/mol. The molecule has 6 aromatic carbocycles. The van der Waals surface area contributed by atoms with Crippen LogP contribution in [0.3, 0.4) is 0 Å². The molecular formula is C63H58N6O12S2. The normalized spacial score (nSPS) is 26.4. The van der Waals surface area contributed by atoms with Crippen molar-refractivity contribution in [2.24, 2.45) is 0 Å². The molecule has 8 aliphatic rings. The molecule has 18 nitrogen and oxygen atoms in total. The molecule has 6 aromatic rings. The van der Waals surface area contributed by atoms with Crippen molar-refractivity contribution in [3.05, 3.63) is 203 Å². The van der Waals surface area contributed by atoms with Gasteiger partial charge in [0, 0.05) is 14.1 Å². The number of hydrogen-bond acceptors (Lipinski definition) is 12. The number of carbonyl (C=O) groups is 5. The highest BCUT2D eigenvalue weighted by molar-refractivity contribution is 7.93. The number of aliphatic hydroxyl groups is 1. The SMILES string of the molecule is CN1CC(=O)N2[C@H](C1=O)[C@@H](O)[C@]1(C3=CCc4ccccc43)c3ccccc3N(S(=O)(=O)c3ccccc3)[C@H]21.CN1CC(=O)N2[C@H](C1=O)[C@@H](OC(=O)OC(C)(C)C)[C@]1(C3=CCc4ccccc43)c3ccccc3N(S(=O)(=O)c3ccccc3)[C@H]21. The number of benzene rings is 6. The smallest absolute Gasteiger partial charge is 0.429 e. The minimum atomic E-state index is -4.32. The lowest BCUT2D eigenvalue weighted by molar-refractivity contribution is -0.157. The summed E-state index contributed by atoms with van der Waals surface area (Å²) >= 11 is 0. The average Bonchev–Trinajstić information content (AvgIpc) is 1.65. The van der Waals surface area contributed by atoms with Crippen molar-refractivity contribution >= 4 is 72.4 Å². The molecule has 8 atom stereocenters. The first-order chi connectivity index (χ1) is 39.7. The summed E-state index contributed by atoms with van der Waals surface area (Å²) in [6.45, 7) is 4.65. The molecule has 2 aliphatic carbocycles. The molecule has 1 N–H and O–H groups in total. The fourth-order valence-corrected chi connectivity index (χ4v) is 17.6. The lowest BCUT2D eigenvalue weighted by Crippen LogP contribution is -2.63. The third-order valence-corrected chi connectivity index (χ3v) is 21.0. The number of hydrogen-bond donors (Lipinski definition) is 1. The predicted octanol–water partition coefficient (Wildman–Crippen LogP) is 6.25. The number of nitrogens with zero attached hydrogens (tertiary/aromatic N) is 6. The summed E-state index contributed by atoms with van der Waals surface area (Å²) < 4.78 is 72.5. The minimum Gasteiger partial charge on any atom is -0.429 e. The molecule has 0 saturated carbocycles. The summed E-state index contributed by atoms with van der Waals surface area (Å²) in [6, 6.07) is 43.1. The molecule has 4 fully saturated rings. The molecule has 6 aliphatic heterocycles. The van der Waals surface area contributed by atoms with Gasteiger partial charge in [-0.15, -0.1) is 0 Å². The Bertz CT molecular complexity index is 4060. The number of anilines is 2. The Labute approximate surface area is 480 Å². The number of amides is 4. The van der Waals surface area contributed by atoms with Crippen molar-refractivity contribution in [2.45, 2.75) is 96.5 Å². The molecule has 14 rings (SSSR count). The third-order valence-electron chi connectivity index (χ3n) is 17.4. The van der Waals surface area contributed by atoms with Gasteiger partial charge in [0.05, 0.1) is 39.7 Å². The minimum absolute atomic E-state index is 0.0253. The summed E-state index contributed by atoms with van der Waals surface area (Å²) in [6.07, 6.45) is -0.996. The van der Waals surface area contributed by atoms with Crippen molar-refractivity contribution in [3.8, 4) is 0 Å². The maximum absolute atomic E-state index is 14.7. The van der Waals surface area contributed by atoms with Crippen molar-refractivity contribution in [2.75, 3.05) is 35.8 Å². The average molecular weight is 1160 g/mol. The standard InChI is InChI=1S/C34H33N3O7S.C29H25N3O5S/c1-33(2,3)44-32(40)43-29-28-30(39)35(4)20-27(38)36(28)31-34(29,24-19-18-21-12-8-9-15-23(21)24)25-16-10-11-17-26(25)37(31)45(41,42)22-13-6-5-7-14-22;1-30-17-24(33)31-25(27(30)35)26(34)29(21-16-15-18-9-5-6-12-20(18)21)22-13-7-8-14-23(22)32(28(29)31)38(36,37)19-10-3-2-4-11-19/h5-17,19,28-29,31H,18,20H2,1-4H3;2-14,16,25-26,28,34H,15,17H2,1H3/t28-,29+,31-,34-;25-,26+,28-,29-/m00/s1. The highest BCUT2D eigenvalue weighted by Gasteiger charge is 2.76. The van der Waals surface area contributed by atoms with Gasteiger partial charge in [-0.25, -0.2) is 30.2 Å². The molecule has 0 spiro atoms. The van der Waals surface area contributed by atoms with E-state index in [1.807, 2.05) is 66.7 Å². The second-order valence-corrected chi connectivity index (χ2v) is 26.7. The second kappa shape index (κ2) is 19.0. The van der Waals surface area contributed by atoms with Crippen LogP contribution in [0.2, 0.25) is 0 Å². The Morgan fingerprint density at radius 1 is 0.542 bits per heavy atom. The van der Waals surface area contributed by atoms with Gasteiger partial charge in [-0.2, -0.15) is 0 Å². The first-order valence-electron chi connectivity index (χ1n) is 27.3. The van der Waals surface area contributed by atoms with Crippen LogP contribution < -0.4 is 8.61 Å². The van der Waals surface area contributed by atoms with Gasteiger partial charge >= 0.3 is 6.16 Å². The topological polar surface area (TPSA) is 212 Å². The summed E-state index contributed by atoms with van der Waals surface area (Å²) in [7, 11) is -5.48. The molecule has 0 radical (unpaired) electrons. The number of carbonyl (C=O) groups excluding carboxylic acids is 5. The van der Waals surface area contributed by atoms with Gasteiger partial charge in [0.1, 0.15) is 35.5 Å². The van der Waals surface area contributed by atoms with Gasteiger partial charge in [-0.05, 0) is 115 Å². The van der Waals surface area contributed by atoms with E-state index in [4.69, 9.17) is 9.47 Å². The van der Waals surface area contributed by atoms with Gasteiger partial charge in [0.2, 0.25) is 23.6 Å². The first kappa shape index (κ1) is 53.7. The lowest BCUT2D eigenvalue weighted by Gasteiger charge is -2.41. The molecule has 424 valence electrons. The number of ether oxygens (including phenoxy) is 2. The summed E-state index contributed by atoms with van der Waals surface area (Å²) in [5.74, 6) is -1.73. The Hall–Kier alpha value is -8.59. The fourth-order valence-electron chi connectivity index (χ4n) is 14.3. The van der Waals surface area contributed by atoms with E-state index in [1.165, 1.54) is 66.6 Å². The zero-order valence-corrected chi connectivity index (χ0v) is 47.5. The Morgan fingerprint density at radius 3 is 1.43 bits per heavy atom. The van der Waals surface area contributed by atoms with E-state index < -0.39 is 103 Å². The molecule has 83 heavy (non-hydrogen) atoms. The van der Waals surface area contributed by atoms with Gasteiger partial charge in [-0.3, -0.25) is 19.2 Å². The van der Waals surface area contributed by atoms with Crippen molar-refractivity contribution in [1.29, 1.82) is 0 Å². The molecule has 0 bridgehead atoms. The van der Waals surface area contributed by atoms with Crippen molar-refractivity contribution in [1.82, 2.24) is 19.6 Å². The number of allylic oxidation sites excluding steroid dienone is 2. The molecule has 0 aromatic heterocycles. The van der Waals surface area contributed by atoms with E-state index in [1.54, 1.807) is 99.6 Å². The maximum atomic E-state index is 14.7. The molecule has 4 saturated heterocycles. The molecule has 0 unspecified atom stereocenters. The highest BCUT2D eigenvalue weighted by atomic mass is 32.2. The zero-order chi connectivity index (χ0) is 58.3. The number of para-hydroxylation sites is 2. The van der Waals surface area contributed by atoms with Crippen LogP contribution in [0.5, 0.6) is 0 Å². The summed E-state index contributed by atoms with van der Waals surface area (Å²) in [5, 5.41) is 12.2. The maximum Gasteiger partial charge on any atom is 0.509 e. The highest BCUT2D eigenvalue weighted by Crippen LogP contribution is 2.65. The van der Waals surface area contributed by atoms with E-state index in [9.17, 15) is 45.9 Å². The molecule has 4 amide bonds. The number of likely N-dealkylation sites (N-methyl/N-ethyl adjacent to an activating group) is 2. The van der Waals surface area contributed by atoms with E-state index in [-0.39, 0.29) is 22.9 Å². The monoisotopic (exact) mass is 1150 g/mol. The van der Waals surface area contributed by atoms with Crippen LogP contribution in [-0.4, -0.2) is 141 Å². The summed E-state index contributed by atoms with van der Waals surface area (Å²) in [4.78, 5) is 74.3. The quantitative estimate of drug-likeness (QED) is 0.176. The third kappa shape index (κ3) is 7.57. The fraction of sp³-hybridized carbons (Fsp3) is 0.286. The van der Waals surface area contributed by atoms with Gasteiger partial charge < -0.3 is 34.2 Å². The number of piperazine rings is 2. The predicted molar refractivity (Wildman–Crippen MR) is 306 cm³/mol. The van der Waals surface area contributed by atoms with Crippen LogP contribution in [0, 0.1) is 0 Å². The second-order valence-electron chi connectivity index (χ2n) is 23.0. The van der Waals surface area contributed by atoms with Crippen molar-refractivity contribution in [3.63, 3.8) is 0 Å². The van der Waals surface area contributed by atoms with Crippen LogP contribution >= 0.6 is 0 Å². The van der Waals surface area contributed by atoms with Crippen LogP contribution in [-0.2, 0) is 72.4 Å². The van der Waals surface area contributed by atoms with E-state index in [2.05, 4.69) is 0 Å². The number of fused-ring (bicyclic) bond motifs is 12. The zero-order valence-electron chi connectivity index (χ0n) is 45.9. The Kier molecular flexibility index (Phi) is 12.3. The number of aliphatic hydroxyl groups excluding tert-OH is 1. The van der Waals surface area contributed by atoms with Gasteiger partial charge in [-0.1, -0.05) is 133 Å². The Balaban J connectivity index is 0.000000157. The van der Waals surface area contributed by atoms with Gasteiger partial charge in [0.25, 0.3) is 20.0 Å². The van der Waals surface area contributed by atoms with E-state index >= 15 is 0 Å². The van der Waals surface area contributed by atoms with Gasteiger partial charge in [0.15, 0.2) is 12.1 Å². The van der Waals surface area contributed by atoms with Crippen LogP contribution in [0.15, 0.2) is 180 Å². The van der Waals surface area contributed by atoms with Crippen LogP contribution in [0.1, 0.15) is 54.2 Å². The molecule has 20 heteroatoms. The van der Waals surface area contributed by atoms with Crippen LogP contribution in [0.25, 0.3) is 11.1 Å². The number of rotatable bonds is 7. The van der Waals surface area contributed by atoms with Crippen LogP contribution in [0.4, 0.5) is 16.2 Å². The van der Waals surface area contributed by atoms with E-state index in [0.29, 0.717) is 40.9 Å². The van der Waals surface area contributed by atoms with E-state index in [0.717, 1.165) is 27.8 Å². The molecule has 6 heterocycles. The lowest BCUT2D eigenvalue weighted by atomic mass is 9.68. The largest absolute Gasteiger partial charge is 0.509 e. The van der Waals surface area contributed by atoms with Crippen molar-refractivity contribution < 1.29 is 55.4 Å². The Morgan fingerprint density at radius 2 is 0.940 bits per heavy atom. The number of sulfonamides is 2. The summed E-state index contributed by atoms with van der Waals surface area (Å²) in [5.41, 5.74) is 3.27.